The molecule has 1 N–H and O–H groups in total. The molecule has 2 saturated carbocycles. The van der Waals surface area contributed by atoms with Gasteiger partial charge in [0.25, 0.3) is 0 Å². The summed E-state index contributed by atoms with van der Waals surface area (Å²) in [5.74, 6) is 3.48. The molecule has 1 atom stereocenters. The van der Waals surface area contributed by atoms with E-state index in [1.165, 1.54) is 50.8 Å². The molecule has 15 heavy (non-hydrogen) atoms. The number of nitrogens with one attached hydrogen (secondary N) is 1. The van der Waals surface area contributed by atoms with Gasteiger partial charge in [0.1, 0.15) is 0 Å². The first-order chi connectivity index (χ1) is 7.27. The van der Waals surface area contributed by atoms with Crippen molar-refractivity contribution in [2.75, 3.05) is 12.3 Å². The topological polar surface area (TPSA) is 12.0 Å². The van der Waals surface area contributed by atoms with E-state index in [0.717, 1.165) is 17.9 Å². The van der Waals surface area contributed by atoms with Crippen LogP contribution in [0.1, 0.15) is 45.4 Å². The van der Waals surface area contributed by atoms with Crippen LogP contribution in [0.3, 0.4) is 0 Å². The Balaban J connectivity index is 1.50. The summed E-state index contributed by atoms with van der Waals surface area (Å²) in [6.07, 6.45) is 8.85. The van der Waals surface area contributed by atoms with Crippen molar-refractivity contribution in [1.29, 1.82) is 0 Å². The third kappa shape index (κ3) is 2.52. The number of thioether (sulfide) groups is 1. The molecule has 86 valence electrons. The summed E-state index contributed by atoms with van der Waals surface area (Å²) in [6, 6.07) is 0.892. The van der Waals surface area contributed by atoms with Gasteiger partial charge in [0.05, 0.1) is 0 Å². The Bertz CT molecular complexity index is 215. The average Bonchev–Trinajstić information content (AvgIpc) is 3.09. The van der Waals surface area contributed by atoms with E-state index >= 15 is 0 Å². The van der Waals surface area contributed by atoms with Crippen LogP contribution < -0.4 is 5.32 Å². The summed E-state index contributed by atoms with van der Waals surface area (Å²) >= 11 is 2.19. The number of rotatable bonds is 5. The zero-order valence-electron chi connectivity index (χ0n) is 9.80. The van der Waals surface area contributed by atoms with Crippen LogP contribution in [-0.4, -0.2) is 23.1 Å². The Hall–Kier alpha value is 0.310. The molecule has 1 heterocycles. The highest BCUT2D eigenvalue weighted by Crippen LogP contribution is 2.45. The fraction of sp³-hybridized carbons (Fsp3) is 1.00. The van der Waals surface area contributed by atoms with Gasteiger partial charge in [-0.1, -0.05) is 0 Å². The average molecular weight is 225 g/mol. The minimum Gasteiger partial charge on any atom is -0.312 e. The molecule has 2 aliphatic carbocycles. The van der Waals surface area contributed by atoms with Crippen molar-refractivity contribution >= 4 is 11.8 Å². The zero-order chi connectivity index (χ0) is 10.3. The molecule has 0 aromatic rings. The maximum absolute atomic E-state index is 3.91. The second kappa shape index (κ2) is 3.96. The van der Waals surface area contributed by atoms with E-state index in [1.54, 1.807) is 0 Å². The highest BCUT2D eigenvalue weighted by atomic mass is 32.2. The molecule has 3 aliphatic rings. The van der Waals surface area contributed by atoms with E-state index in [2.05, 4.69) is 24.0 Å². The van der Waals surface area contributed by atoms with Gasteiger partial charge in [0.15, 0.2) is 0 Å². The van der Waals surface area contributed by atoms with Crippen molar-refractivity contribution in [2.45, 2.75) is 56.2 Å². The third-order valence-electron chi connectivity index (χ3n) is 4.27. The number of hydrogen-bond acceptors (Lipinski definition) is 2. The summed E-state index contributed by atoms with van der Waals surface area (Å²) < 4.78 is 0.558. The lowest BCUT2D eigenvalue weighted by molar-refractivity contribution is 0.392. The number of hydrogen-bond donors (Lipinski definition) is 1. The fourth-order valence-corrected chi connectivity index (χ4v) is 4.19. The molecule has 3 rings (SSSR count). The van der Waals surface area contributed by atoms with Crippen LogP contribution in [0.25, 0.3) is 0 Å². The molecule has 0 bridgehead atoms. The Morgan fingerprint density at radius 2 is 1.93 bits per heavy atom. The van der Waals surface area contributed by atoms with Crippen LogP contribution in [0.4, 0.5) is 0 Å². The van der Waals surface area contributed by atoms with Crippen LogP contribution in [0.5, 0.6) is 0 Å². The van der Waals surface area contributed by atoms with Gasteiger partial charge in [-0.15, -0.1) is 0 Å². The molecular weight excluding hydrogens is 202 g/mol. The van der Waals surface area contributed by atoms with Crippen LogP contribution in [0.2, 0.25) is 0 Å². The monoisotopic (exact) mass is 225 g/mol. The van der Waals surface area contributed by atoms with Gasteiger partial charge in [-0.2, -0.15) is 11.8 Å². The van der Waals surface area contributed by atoms with Crippen LogP contribution in [0, 0.1) is 11.8 Å². The van der Waals surface area contributed by atoms with E-state index in [9.17, 15) is 0 Å². The molecule has 1 saturated heterocycles. The molecule has 0 aromatic heterocycles. The lowest BCUT2D eigenvalue weighted by Crippen LogP contribution is -2.41. The van der Waals surface area contributed by atoms with Crippen molar-refractivity contribution < 1.29 is 0 Å². The minimum absolute atomic E-state index is 0.558. The van der Waals surface area contributed by atoms with Gasteiger partial charge in [0.2, 0.25) is 0 Å². The maximum Gasteiger partial charge on any atom is 0.0256 e. The van der Waals surface area contributed by atoms with Gasteiger partial charge in [-0.05, 0) is 63.0 Å². The molecule has 1 nitrogen and oxygen atoms in total. The standard InChI is InChI=1S/C13H23NS/c1-13(7-2-8-15-13)9-14-12(10-3-4-10)11-5-6-11/h10-12,14H,2-9H2,1H3. The third-order valence-corrected chi connectivity index (χ3v) is 5.81. The molecule has 1 aliphatic heterocycles. The zero-order valence-corrected chi connectivity index (χ0v) is 10.6. The molecule has 0 radical (unpaired) electrons. The van der Waals surface area contributed by atoms with Crippen molar-refractivity contribution in [1.82, 2.24) is 5.32 Å². The highest BCUT2D eigenvalue weighted by molar-refractivity contribution is 8.00. The molecule has 3 fully saturated rings. The van der Waals surface area contributed by atoms with Crippen molar-refractivity contribution in [3.05, 3.63) is 0 Å². The Morgan fingerprint density at radius 3 is 2.40 bits per heavy atom. The van der Waals surface area contributed by atoms with Crippen molar-refractivity contribution in [3.8, 4) is 0 Å². The summed E-state index contributed by atoms with van der Waals surface area (Å²) in [4.78, 5) is 0. The van der Waals surface area contributed by atoms with Gasteiger partial charge < -0.3 is 5.32 Å². The van der Waals surface area contributed by atoms with Crippen LogP contribution >= 0.6 is 11.8 Å². The van der Waals surface area contributed by atoms with Gasteiger partial charge in [-0.3, -0.25) is 0 Å². The predicted molar refractivity (Wildman–Crippen MR) is 67.3 cm³/mol. The Kier molecular flexibility index (Phi) is 2.76. The predicted octanol–water partition coefficient (Wildman–Crippen LogP) is 3.05. The first kappa shape index (κ1) is 10.5. The van der Waals surface area contributed by atoms with Gasteiger partial charge in [0, 0.05) is 17.3 Å². The maximum atomic E-state index is 3.91. The van der Waals surface area contributed by atoms with E-state index in [4.69, 9.17) is 0 Å². The Labute approximate surface area is 97.8 Å². The van der Waals surface area contributed by atoms with Crippen LogP contribution in [-0.2, 0) is 0 Å². The minimum atomic E-state index is 0.558. The highest BCUT2D eigenvalue weighted by Gasteiger charge is 2.42. The normalized spacial score (nSPS) is 36.4. The van der Waals surface area contributed by atoms with Gasteiger partial charge in [-0.25, -0.2) is 0 Å². The summed E-state index contributed by atoms with van der Waals surface area (Å²) in [5.41, 5.74) is 0. The van der Waals surface area contributed by atoms with Crippen LogP contribution in [0.15, 0.2) is 0 Å². The summed E-state index contributed by atoms with van der Waals surface area (Å²) in [5, 5.41) is 3.91. The first-order valence-corrected chi connectivity index (χ1v) is 7.63. The van der Waals surface area contributed by atoms with E-state index in [1.807, 2.05) is 0 Å². The fourth-order valence-electron chi connectivity index (χ4n) is 2.94. The van der Waals surface area contributed by atoms with E-state index in [-0.39, 0.29) is 0 Å². The molecule has 1 unspecified atom stereocenters. The SMILES string of the molecule is CC1(CNC(C2CC2)C2CC2)CCCS1. The van der Waals surface area contributed by atoms with Crippen molar-refractivity contribution in [2.24, 2.45) is 11.8 Å². The van der Waals surface area contributed by atoms with Crippen molar-refractivity contribution in [3.63, 3.8) is 0 Å². The second-order valence-corrected chi connectivity index (χ2v) is 7.67. The molecule has 0 aromatic carbocycles. The van der Waals surface area contributed by atoms with Gasteiger partial charge >= 0.3 is 0 Å². The van der Waals surface area contributed by atoms with E-state index < -0.39 is 0 Å². The molecule has 2 heteroatoms. The first-order valence-electron chi connectivity index (χ1n) is 6.64. The summed E-state index contributed by atoms with van der Waals surface area (Å²) in [6.45, 7) is 3.71. The Morgan fingerprint density at radius 1 is 1.27 bits per heavy atom. The largest absolute Gasteiger partial charge is 0.312 e. The molecule has 0 spiro atoms. The lowest BCUT2D eigenvalue weighted by Gasteiger charge is -2.27. The molecule has 0 amide bonds. The van der Waals surface area contributed by atoms with E-state index in [0.29, 0.717) is 4.75 Å². The smallest absolute Gasteiger partial charge is 0.0256 e. The second-order valence-electron chi connectivity index (χ2n) is 5.98. The molecular formula is C13H23NS. The quantitative estimate of drug-likeness (QED) is 0.772. The lowest BCUT2D eigenvalue weighted by atomic mass is 10.0. The summed E-state index contributed by atoms with van der Waals surface area (Å²) in [7, 11) is 0.